The van der Waals surface area contributed by atoms with Crippen LogP contribution >= 0.6 is 34.4 Å². The predicted molar refractivity (Wildman–Crippen MR) is 174 cm³/mol. The Bertz CT molecular complexity index is 1590. The summed E-state index contributed by atoms with van der Waals surface area (Å²) in [4.78, 5) is 1.23. The zero-order valence-electron chi connectivity index (χ0n) is 22.4. The number of thioether (sulfide) groups is 1. The molecule has 1 nitrogen and oxygen atoms in total. The molecular weight excluding hydrogens is 545 g/mol. The summed E-state index contributed by atoms with van der Waals surface area (Å²) in [5.41, 5.74) is 8.82. The first-order valence-electron chi connectivity index (χ1n) is 13.0. The van der Waals surface area contributed by atoms with Gasteiger partial charge in [-0.25, -0.2) is 0 Å². The van der Waals surface area contributed by atoms with Crippen LogP contribution in [0.25, 0.3) is 5.57 Å². The standard InChI is InChI=1S/C36H28OS3/c1-3-37-36-17-16-34(24-27(36)2)40-23-20-35(32-12-8-28(9-13-32)4-6-30-18-21-38-25-30)33-14-10-29(11-15-33)5-7-31-19-22-39-26-31/h8-22,24-26H,3,23H2,1-2H3. The molecule has 0 radical (unpaired) electrons. The summed E-state index contributed by atoms with van der Waals surface area (Å²) in [5.74, 6) is 14.8. The van der Waals surface area contributed by atoms with Gasteiger partial charge >= 0.3 is 0 Å². The first-order chi connectivity index (χ1) is 19.7. The van der Waals surface area contributed by atoms with Gasteiger partial charge in [0.05, 0.1) is 6.61 Å². The molecule has 0 aliphatic rings. The summed E-state index contributed by atoms with van der Waals surface area (Å²) in [7, 11) is 0. The summed E-state index contributed by atoms with van der Waals surface area (Å²) < 4.78 is 5.71. The van der Waals surface area contributed by atoms with Crippen LogP contribution in [-0.2, 0) is 0 Å². The van der Waals surface area contributed by atoms with E-state index >= 15 is 0 Å². The van der Waals surface area contributed by atoms with Gasteiger partial charge in [-0.3, -0.25) is 0 Å². The molecule has 0 atom stereocenters. The summed E-state index contributed by atoms with van der Waals surface area (Å²) in [6.07, 6.45) is 2.31. The molecule has 5 aromatic rings. The van der Waals surface area contributed by atoms with E-state index in [1.807, 2.05) is 30.8 Å². The Morgan fingerprint density at radius 2 is 1.27 bits per heavy atom. The number of hydrogen-bond acceptors (Lipinski definition) is 4. The lowest BCUT2D eigenvalue weighted by atomic mass is 9.96. The van der Waals surface area contributed by atoms with Gasteiger partial charge in [-0.15, -0.1) is 11.8 Å². The largest absolute Gasteiger partial charge is 0.494 e. The van der Waals surface area contributed by atoms with Gasteiger partial charge in [0.25, 0.3) is 0 Å². The molecule has 0 amide bonds. The van der Waals surface area contributed by atoms with Crippen LogP contribution in [0.15, 0.2) is 111 Å². The third kappa shape index (κ3) is 7.59. The van der Waals surface area contributed by atoms with Gasteiger partial charge < -0.3 is 4.74 Å². The maximum Gasteiger partial charge on any atom is 0.122 e. The highest BCUT2D eigenvalue weighted by Crippen LogP contribution is 2.29. The highest BCUT2D eigenvalue weighted by atomic mass is 32.2. The van der Waals surface area contributed by atoms with Gasteiger partial charge in [-0.05, 0) is 101 Å². The molecule has 0 saturated heterocycles. The van der Waals surface area contributed by atoms with E-state index in [0.29, 0.717) is 6.61 Å². The lowest BCUT2D eigenvalue weighted by molar-refractivity contribution is 0.337. The lowest BCUT2D eigenvalue weighted by Gasteiger charge is -2.11. The quantitative estimate of drug-likeness (QED) is 0.142. The second-order valence-electron chi connectivity index (χ2n) is 8.97. The van der Waals surface area contributed by atoms with E-state index in [4.69, 9.17) is 4.74 Å². The molecule has 0 unspecified atom stereocenters. The highest BCUT2D eigenvalue weighted by Gasteiger charge is 2.07. The Labute approximate surface area is 249 Å². The zero-order valence-corrected chi connectivity index (χ0v) is 24.9. The molecule has 0 spiro atoms. The third-order valence-corrected chi connectivity index (χ3v) is 8.41. The van der Waals surface area contributed by atoms with Crippen molar-refractivity contribution >= 4 is 40.0 Å². The maximum absolute atomic E-state index is 5.71. The van der Waals surface area contributed by atoms with Crippen molar-refractivity contribution in [3.05, 3.63) is 145 Å². The lowest BCUT2D eigenvalue weighted by Crippen LogP contribution is -1.94. The normalized spacial score (nSPS) is 10.2. The van der Waals surface area contributed by atoms with E-state index in [9.17, 15) is 0 Å². The Balaban J connectivity index is 1.38. The van der Waals surface area contributed by atoms with Crippen molar-refractivity contribution in [3.8, 4) is 29.4 Å². The summed E-state index contributed by atoms with van der Waals surface area (Å²) in [6.45, 7) is 4.79. The van der Waals surface area contributed by atoms with Crippen molar-refractivity contribution in [2.24, 2.45) is 0 Å². The fraction of sp³-hybridized carbons (Fsp3) is 0.111. The Morgan fingerprint density at radius 1 is 0.725 bits per heavy atom. The maximum atomic E-state index is 5.71. The molecular formula is C36H28OS3. The van der Waals surface area contributed by atoms with Gasteiger partial charge in [-0.1, -0.05) is 54.0 Å². The van der Waals surface area contributed by atoms with Crippen molar-refractivity contribution in [1.29, 1.82) is 0 Å². The number of thiophene rings is 2. The molecule has 196 valence electrons. The number of ether oxygens (including phenoxy) is 1. The molecule has 2 heterocycles. The molecule has 4 heteroatoms. The topological polar surface area (TPSA) is 9.23 Å². The van der Waals surface area contributed by atoms with Gasteiger partial charge in [0, 0.05) is 43.7 Å². The average molecular weight is 573 g/mol. The van der Waals surface area contributed by atoms with Crippen molar-refractivity contribution in [2.45, 2.75) is 18.7 Å². The van der Waals surface area contributed by atoms with Crippen LogP contribution < -0.4 is 4.74 Å². The van der Waals surface area contributed by atoms with Crippen LogP contribution in [0.2, 0.25) is 0 Å². The van der Waals surface area contributed by atoms with Crippen LogP contribution in [0.3, 0.4) is 0 Å². The fourth-order valence-corrected chi connectivity index (χ4v) is 6.12. The summed E-state index contributed by atoms with van der Waals surface area (Å²) >= 11 is 5.15. The minimum absolute atomic E-state index is 0.677. The summed E-state index contributed by atoms with van der Waals surface area (Å²) in [6, 6.07) is 27.6. The minimum atomic E-state index is 0.677. The number of benzene rings is 3. The summed E-state index contributed by atoms with van der Waals surface area (Å²) in [5, 5.41) is 8.24. The van der Waals surface area contributed by atoms with Crippen molar-refractivity contribution in [3.63, 3.8) is 0 Å². The van der Waals surface area contributed by atoms with E-state index in [-0.39, 0.29) is 0 Å². The van der Waals surface area contributed by atoms with E-state index < -0.39 is 0 Å². The van der Waals surface area contributed by atoms with Crippen LogP contribution in [-0.4, -0.2) is 12.4 Å². The Kier molecular flexibility index (Phi) is 9.62. The SMILES string of the molecule is CCOc1ccc(SCC=C(c2ccc(C#Cc3ccsc3)cc2)c2ccc(C#Cc3ccsc3)cc2)cc1C. The zero-order chi connectivity index (χ0) is 27.6. The molecule has 0 aliphatic carbocycles. The van der Waals surface area contributed by atoms with Crippen molar-refractivity contribution in [1.82, 2.24) is 0 Å². The minimum Gasteiger partial charge on any atom is -0.494 e. The molecule has 0 aliphatic heterocycles. The number of aryl methyl sites for hydroxylation is 1. The van der Waals surface area contributed by atoms with Crippen LogP contribution in [0, 0.1) is 30.6 Å². The van der Waals surface area contributed by atoms with Crippen LogP contribution in [0.5, 0.6) is 5.75 Å². The van der Waals surface area contributed by atoms with E-state index in [0.717, 1.165) is 39.3 Å². The van der Waals surface area contributed by atoms with Crippen LogP contribution in [0.4, 0.5) is 0 Å². The molecule has 0 N–H and O–H groups in total. The number of rotatable bonds is 7. The first-order valence-corrected chi connectivity index (χ1v) is 15.9. The molecule has 0 bridgehead atoms. The van der Waals surface area contributed by atoms with Gasteiger partial charge in [-0.2, -0.15) is 22.7 Å². The predicted octanol–water partition coefficient (Wildman–Crippen LogP) is 9.54. The van der Waals surface area contributed by atoms with Gasteiger partial charge in [0.15, 0.2) is 0 Å². The first kappa shape index (κ1) is 27.6. The van der Waals surface area contributed by atoms with Crippen LogP contribution in [0.1, 0.15) is 45.9 Å². The highest BCUT2D eigenvalue weighted by molar-refractivity contribution is 7.99. The third-order valence-electron chi connectivity index (χ3n) is 6.12. The van der Waals surface area contributed by atoms with Crippen molar-refractivity contribution < 1.29 is 4.74 Å². The second kappa shape index (κ2) is 13.9. The fourth-order valence-electron chi connectivity index (χ4n) is 4.08. The molecule has 2 aromatic heterocycles. The van der Waals surface area contributed by atoms with Gasteiger partial charge in [0.1, 0.15) is 5.75 Å². The molecule has 0 fully saturated rings. The van der Waals surface area contributed by atoms with E-state index in [1.54, 1.807) is 22.7 Å². The van der Waals surface area contributed by atoms with Gasteiger partial charge in [0.2, 0.25) is 0 Å². The van der Waals surface area contributed by atoms with E-state index in [2.05, 4.69) is 125 Å². The molecule has 40 heavy (non-hydrogen) atoms. The Morgan fingerprint density at radius 3 is 1.75 bits per heavy atom. The number of hydrogen-bond donors (Lipinski definition) is 0. The molecule has 5 rings (SSSR count). The van der Waals surface area contributed by atoms with Crippen molar-refractivity contribution in [2.75, 3.05) is 12.4 Å². The Hall–Kier alpha value is -3.93. The second-order valence-corrected chi connectivity index (χ2v) is 11.6. The smallest absolute Gasteiger partial charge is 0.122 e. The molecule has 0 saturated carbocycles. The monoisotopic (exact) mass is 572 g/mol. The van der Waals surface area contributed by atoms with E-state index in [1.165, 1.54) is 21.6 Å². The average Bonchev–Trinajstić information content (AvgIpc) is 3.70. The molecule has 3 aromatic carbocycles.